The lowest BCUT2D eigenvalue weighted by molar-refractivity contribution is -0.137. The highest BCUT2D eigenvalue weighted by Gasteiger charge is 2.32. The van der Waals surface area contributed by atoms with E-state index in [9.17, 15) is 13.2 Å². The number of halogens is 4. The van der Waals surface area contributed by atoms with Gasteiger partial charge in [0.2, 0.25) is 0 Å². The van der Waals surface area contributed by atoms with Gasteiger partial charge in [0.05, 0.1) is 5.56 Å². The predicted molar refractivity (Wildman–Crippen MR) is 103 cm³/mol. The third-order valence-corrected chi connectivity index (χ3v) is 5.97. The number of pyridine rings is 1. The zero-order valence-electron chi connectivity index (χ0n) is 14.4. The van der Waals surface area contributed by atoms with E-state index in [0.29, 0.717) is 13.1 Å². The van der Waals surface area contributed by atoms with Crippen LogP contribution in [0, 0.1) is 0 Å². The Kier molecular flexibility index (Phi) is 5.13. The zero-order chi connectivity index (χ0) is 19.0. The van der Waals surface area contributed by atoms with Crippen molar-refractivity contribution < 1.29 is 13.2 Å². The largest absolute Gasteiger partial charge is 0.416 e. The molecule has 4 rings (SSSR count). The third kappa shape index (κ3) is 4.28. The number of nitrogens with one attached hydrogen (secondary N) is 1. The van der Waals surface area contributed by atoms with Gasteiger partial charge in [-0.3, -0.25) is 0 Å². The summed E-state index contributed by atoms with van der Waals surface area (Å²) in [5, 5.41) is 3.21. The van der Waals surface area contributed by atoms with E-state index in [4.69, 9.17) is 11.6 Å². The fourth-order valence-electron chi connectivity index (χ4n) is 3.30. The number of aromatic nitrogens is 1. The van der Waals surface area contributed by atoms with Gasteiger partial charge in [0.1, 0.15) is 11.0 Å². The van der Waals surface area contributed by atoms with E-state index in [0.717, 1.165) is 38.2 Å². The van der Waals surface area contributed by atoms with Crippen molar-refractivity contribution in [1.29, 1.82) is 0 Å². The Bertz CT molecular complexity index is 838. The van der Waals surface area contributed by atoms with Crippen LogP contribution in [0.25, 0.3) is 0 Å². The lowest BCUT2D eigenvalue weighted by Gasteiger charge is -2.34. The molecule has 0 unspecified atom stereocenters. The summed E-state index contributed by atoms with van der Waals surface area (Å²) < 4.78 is 41.2. The van der Waals surface area contributed by atoms with Gasteiger partial charge in [0.25, 0.3) is 0 Å². The Morgan fingerprint density at radius 2 is 1.85 bits per heavy atom. The highest BCUT2D eigenvalue weighted by molar-refractivity contribution is 7.97. The van der Waals surface area contributed by atoms with E-state index in [-0.39, 0.29) is 11.0 Å². The second-order valence-electron chi connectivity index (χ2n) is 6.54. The number of alkyl halides is 3. The summed E-state index contributed by atoms with van der Waals surface area (Å²) >= 11 is 7.49. The van der Waals surface area contributed by atoms with E-state index in [2.05, 4.69) is 32.8 Å². The van der Waals surface area contributed by atoms with Gasteiger partial charge in [-0.25, -0.2) is 9.29 Å². The normalized spacial score (nSPS) is 17.7. The number of rotatable bonds is 3. The SMILES string of the molecule is FC(F)(F)c1cc(Cl)nc(N2CCN(Sc3ccc4c(c3)CCN4)CC2)c1. The quantitative estimate of drug-likeness (QED) is 0.588. The van der Waals surface area contributed by atoms with Crippen LogP contribution in [0.1, 0.15) is 11.1 Å². The van der Waals surface area contributed by atoms with Crippen molar-refractivity contribution in [3.8, 4) is 0 Å². The Morgan fingerprint density at radius 1 is 1.07 bits per heavy atom. The van der Waals surface area contributed by atoms with E-state index >= 15 is 0 Å². The second kappa shape index (κ2) is 7.41. The molecule has 3 heterocycles. The Morgan fingerprint density at radius 3 is 2.59 bits per heavy atom. The molecule has 0 radical (unpaired) electrons. The van der Waals surface area contributed by atoms with Gasteiger partial charge in [-0.2, -0.15) is 13.2 Å². The monoisotopic (exact) mass is 414 g/mol. The standard InChI is InChI=1S/C18H18ClF3N4S/c19-16-10-13(18(20,21)22)11-17(24-16)25-5-7-26(8-6-25)27-14-1-2-15-12(9-14)3-4-23-15/h1-2,9-11,23H,3-8H2. The zero-order valence-corrected chi connectivity index (χ0v) is 16.0. The molecule has 27 heavy (non-hydrogen) atoms. The smallest absolute Gasteiger partial charge is 0.384 e. The van der Waals surface area contributed by atoms with Crippen molar-refractivity contribution in [2.45, 2.75) is 17.5 Å². The van der Waals surface area contributed by atoms with Gasteiger partial charge in [0, 0.05) is 43.3 Å². The van der Waals surface area contributed by atoms with Crippen LogP contribution in [0.4, 0.5) is 24.7 Å². The minimum Gasteiger partial charge on any atom is -0.384 e. The van der Waals surface area contributed by atoms with Crippen LogP contribution in [0.3, 0.4) is 0 Å². The number of piperazine rings is 1. The highest BCUT2D eigenvalue weighted by Crippen LogP contribution is 2.34. The van der Waals surface area contributed by atoms with Gasteiger partial charge in [-0.15, -0.1) is 0 Å². The van der Waals surface area contributed by atoms with Crippen LogP contribution in [-0.4, -0.2) is 42.0 Å². The lowest BCUT2D eigenvalue weighted by Crippen LogP contribution is -2.43. The molecule has 0 aliphatic carbocycles. The molecule has 144 valence electrons. The van der Waals surface area contributed by atoms with E-state index < -0.39 is 11.7 Å². The maximum atomic E-state index is 13.0. The summed E-state index contributed by atoms with van der Waals surface area (Å²) in [5.41, 5.74) is 1.78. The molecule has 2 aliphatic heterocycles. The topological polar surface area (TPSA) is 31.4 Å². The first kappa shape index (κ1) is 18.7. The number of anilines is 2. The lowest BCUT2D eigenvalue weighted by atomic mass is 10.2. The molecule has 1 aromatic carbocycles. The molecule has 0 atom stereocenters. The summed E-state index contributed by atoms with van der Waals surface area (Å²) in [6, 6.07) is 8.35. The van der Waals surface area contributed by atoms with Gasteiger partial charge in [-0.1, -0.05) is 11.6 Å². The Balaban J connectivity index is 1.40. The number of hydrogen-bond donors (Lipinski definition) is 1. The van der Waals surface area contributed by atoms with Crippen molar-refractivity contribution in [2.75, 3.05) is 42.9 Å². The fraction of sp³-hybridized carbons (Fsp3) is 0.389. The van der Waals surface area contributed by atoms with E-state index in [1.165, 1.54) is 16.1 Å². The third-order valence-electron chi connectivity index (χ3n) is 4.69. The molecular weight excluding hydrogens is 397 g/mol. The minimum absolute atomic E-state index is 0.136. The summed E-state index contributed by atoms with van der Waals surface area (Å²) in [4.78, 5) is 7.12. The molecule has 1 fully saturated rings. The maximum absolute atomic E-state index is 13.0. The molecule has 2 aromatic rings. The summed E-state index contributed by atoms with van der Waals surface area (Å²) in [6.45, 7) is 3.65. The molecule has 1 aromatic heterocycles. The molecular formula is C18H18ClF3N4S. The minimum atomic E-state index is -4.43. The van der Waals surface area contributed by atoms with Crippen molar-refractivity contribution in [3.63, 3.8) is 0 Å². The molecule has 1 N–H and O–H groups in total. The van der Waals surface area contributed by atoms with Crippen LogP contribution in [0.2, 0.25) is 5.15 Å². The molecule has 0 spiro atoms. The van der Waals surface area contributed by atoms with Crippen molar-refractivity contribution in [3.05, 3.63) is 46.6 Å². The van der Waals surface area contributed by atoms with Gasteiger partial charge in [0.15, 0.2) is 0 Å². The fourth-order valence-corrected chi connectivity index (χ4v) is 4.48. The summed E-state index contributed by atoms with van der Waals surface area (Å²) in [5.74, 6) is 0.281. The average molecular weight is 415 g/mol. The van der Waals surface area contributed by atoms with Crippen LogP contribution < -0.4 is 10.2 Å². The Hall–Kier alpha value is -1.64. The molecule has 1 saturated heterocycles. The highest BCUT2D eigenvalue weighted by atomic mass is 35.5. The summed E-state index contributed by atoms with van der Waals surface area (Å²) in [6.07, 6.45) is -3.39. The maximum Gasteiger partial charge on any atom is 0.416 e. The molecule has 0 bridgehead atoms. The molecule has 4 nitrogen and oxygen atoms in total. The van der Waals surface area contributed by atoms with Gasteiger partial charge < -0.3 is 10.2 Å². The second-order valence-corrected chi connectivity index (χ2v) is 8.10. The summed E-state index contributed by atoms with van der Waals surface area (Å²) in [7, 11) is 0. The van der Waals surface area contributed by atoms with E-state index in [1.54, 1.807) is 11.9 Å². The van der Waals surface area contributed by atoms with Crippen LogP contribution in [0.15, 0.2) is 35.2 Å². The molecule has 2 aliphatic rings. The van der Waals surface area contributed by atoms with Crippen LogP contribution in [0.5, 0.6) is 0 Å². The molecule has 9 heteroatoms. The van der Waals surface area contributed by atoms with Crippen LogP contribution >= 0.6 is 23.5 Å². The molecule has 0 amide bonds. The van der Waals surface area contributed by atoms with Crippen molar-refractivity contribution >= 4 is 35.1 Å². The molecule has 0 saturated carbocycles. The van der Waals surface area contributed by atoms with Crippen molar-refractivity contribution in [2.24, 2.45) is 0 Å². The van der Waals surface area contributed by atoms with E-state index in [1.807, 2.05) is 4.90 Å². The number of nitrogens with zero attached hydrogens (tertiary/aromatic N) is 3. The van der Waals surface area contributed by atoms with Crippen LogP contribution in [-0.2, 0) is 12.6 Å². The number of benzene rings is 1. The Labute approximate surface area is 164 Å². The number of fused-ring (bicyclic) bond motifs is 1. The first-order chi connectivity index (χ1) is 12.9. The predicted octanol–water partition coefficient (Wildman–Crippen LogP) is 4.55. The average Bonchev–Trinajstić information content (AvgIpc) is 3.09. The van der Waals surface area contributed by atoms with Crippen molar-refractivity contribution in [1.82, 2.24) is 9.29 Å². The first-order valence-corrected chi connectivity index (χ1v) is 9.83. The van der Waals surface area contributed by atoms with Gasteiger partial charge in [-0.05, 0) is 54.3 Å². The van der Waals surface area contributed by atoms with Gasteiger partial charge >= 0.3 is 6.18 Å². The first-order valence-electron chi connectivity index (χ1n) is 8.68. The number of hydrogen-bond acceptors (Lipinski definition) is 5.